The minimum Gasteiger partial charge on any atom is -0.497 e. The van der Waals surface area contributed by atoms with Gasteiger partial charge in [0.05, 0.1) is 19.6 Å². The van der Waals surface area contributed by atoms with E-state index in [0.29, 0.717) is 6.42 Å². The molecule has 1 aromatic heterocycles. The Morgan fingerprint density at radius 2 is 2.04 bits per heavy atom. The summed E-state index contributed by atoms with van der Waals surface area (Å²) in [7, 11) is 1.66. The molecule has 132 valence electrons. The van der Waals surface area contributed by atoms with Crippen molar-refractivity contribution in [2.24, 2.45) is 0 Å². The first-order chi connectivity index (χ1) is 12.0. The molecule has 1 aliphatic rings. The number of benzene rings is 1. The number of nitrogen functional groups attached to an aromatic ring is 1. The Kier molecular flexibility index (Phi) is 4.88. The monoisotopic (exact) mass is 340 g/mol. The van der Waals surface area contributed by atoms with Crippen LogP contribution in [0, 0.1) is 13.8 Å². The number of hydrogen-bond acceptors (Lipinski definition) is 5. The molecule has 6 nitrogen and oxygen atoms in total. The van der Waals surface area contributed by atoms with E-state index in [1.54, 1.807) is 7.11 Å². The summed E-state index contributed by atoms with van der Waals surface area (Å²) < 4.78 is 5.32. The van der Waals surface area contributed by atoms with Crippen molar-refractivity contribution in [2.75, 3.05) is 19.4 Å². The third-order valence-corrected chi connectivity index (χ3v) is 4.82. The largest absolute Gasteiger partial charge is 0.497 e. The molecule has 0 radical (unpaired) electrons. The average molecular weight is 340 g/mol. The fraction of sp³-hybridized carbons (Fsp3) is 0.421. The molecule has 1 aliphatic heterocycles. The van der Waals surface area contributed by atoms with Crippen LogP contribution in [0.15, 0.2) is 24.3 Å². The normalized spacial score (nSPS) is 16.9. The second-order valence-electron chi connectivity index (χ2n) is 6.43. The predicted octanol–water partition coefficient (Wildman–Crippen LogP) is 2.59. The first kappa shape index (κ1) is 17.2. The molecule has 2 N–H and O–H groups in total. The van der Waals surface area contributed by atoms with E-state index in [4.69, 9.17) is 10.5 Å². The van der Waals surface area contributed by atoms with Gasteiger partial charge < -0.3 is 15.4 Å². The Balaban J connectivity index is 1.81. The third-order valence-electron chi connectivity index (χ3n) is 4.82. The molecule has 2 aromatic rings. The topological polar surface area (TPSA) is 81.3 Å². The highest BCUT2D eigenvalue weighted by molar-refractivity contribution is 5.80. The van der Waals surface area contributed by atoms with Crippen LogP contribution in [0.3, 0.4) is 0 Å². The molecule has 1 saturated heterocycles. The maximum atomic E-state index is 13.0. The third kappa shape index (κ3) is 3.57. The Labute approximate surface area is 148 Å². The lowest BCUT2D eigenvalue weighted by Gasteiger charge is -2.26. The zero-order valence-corrected chi connectivity index (χ0v) is 15.0. The van der Waals surface area contributed by atoms with E-state index in [9.17, 15) is 4.79 Å². The maximum Gasteiger partial charge on any atom is 0.227 e. The van der Waals surface area contributed by atoms with Crippen LogP contribution < -0.4 is 10.5 Å². The van der Waals surface area contributed by atoms with Gasteiger partial charge in [0, 0.05) is 23.5 Å². The number of rotatable bonds is 4. The van der Waals surface area contributed by atoms with Gasteiger partial charge in [0.25, 0.3) is 0 Å². The van der Waals surface area contributed by atoms with Gasteiger partial charge in [-0.2, -0.15) is 0 Å². The number of methoxy groups -OCH3 is 1. The average Bonchev–Trinajstić information content (AvgIpc) is 3.07. The number of carbonyl (C=O) groups excluding carboxylic acids is 1. The highest BCUT2D eigenvalue weighted by atomic mass is 16.5. The van der Waals surface area contributed by atoms with Crippen LogP contribution in [-0.2, 0) is 11.2 Å². The smallest absolute Gasteiger partial charge is 0.227 e. The first-order valence-electron chi connectivity index (χ1n) is 8.52. The van der Waals surface area contributed by atoms with Crippen molar-refractivity contribution in [1.82, 2.24) is 14.9 Å². The Morgan fingerprint density at radius 1 is 1.32 bits per heavy atom. The van der Waals surface area contributed by atoms with Gasteiger partial charge in [0.15, 0.2) is 0 Å². The van der Waals surface area contributed by atoms with Gasteiger partial charge in [-0.1, -0.05) is 12.1 Å². The van der Waals surface area contributed by atoms with Gasteiger partial charge in [-0.25, -0.2) is 9.97 Å². The van der Waals surface area contributed by atoms with E-state index < -0.39 is 0 Å². The SMILES string of the molecule is COc1cccc([C@H]2CCCN2C(=O)Cc2c(C)nc(N)nc2C)c1. The lowest BCUT2D eigenvalue weighted by Crippen LogP contribution is -2.32. The second kappa shape index (κ2) is 7.09. The molecule has 2 heterocycles. The number of hydrogen-bond donors (Lipinski definition) is 1. The summed E-state index contributed by atoms with van der Waals surface area (Å²) in [5.41, 5.74) is 9.21. The summed E-state index contributed by atoms with van der Waals surface area (Å²) in [4.78, 5) is 23.3. The molecule has 0 bridgehead atoms. The first-order valence-corrected chi connectivity index (χ1v) is 8.52. The van der Waals surface area contributed by atoms with E-state index >= 15 is 0 Å². The molecule has 6 heteroatoms. The number of likely N-dealkylation sites (tertiary alicyclic amines) is 1. The summed E-state index contributed by atoms with van der Waals surface area (Å²) in [6.07, 6.45) is 2.28. The van der Waals surface area contributed by atoms with Crippen molar-refractivity contribution in [3.05, 3.63) is 46.8 Å². The second-order valence-corrected chi connectivity index (χ2v) is 6.43. The van der Waals surface area contributed by atoms with E-state index in [2.05, 4.69) is 16.0 Å². The fourth-order valence-electron chi connectivity index (χ4n) is 3.53. The number of amides is 1. The molecule has 3 rings (SSSR count). The Morgan fingerprint density at radius 3 is 2.72 bits per heavy atom. The molecule has 1 fully saturated rings. The fourth-order valence-corrected chi connectivity index (χ4v) is 3.53. The van der Waals surface area contributed by atoms with Crippen molar-refractivity contribution >= 4 is 11.9 Å². The number of nitrogens with zero attached hydrogens (tertiary/aromatic N) is 3. The van der Waals surface area contributed by atoms with Gasteiger partial charge in [-0.3, -0.25) is 4.79 Å². The summed E-state index contributed by atoms with van der Waals surface area (Å²) in [6.45, 7) is 4.52. The molecule has 0 saturated carbocycles. The summed E-state index contributed by atoms with van der Waals surface area (Å²) in [5, 5.41) is 0. The van der Waals surface area contributed by atoms with Gasteiger partial charge in [0.2, 0.25) is 11.9 Å². The lowest BCUT2D eigenvalue weighted by atomic mass is 10.0. The number of anilines is 1. The van der Waals surface area contributed by atoms with Crippen LogP contribution in [0.1, 0.15) is 41.4 Å². The molecule has 1 atom stereocenters. The van der Waals surface area contributed by atoms with Gasteiger partial charge in [0.1, 0.15) is 5.75 Å². The van der Waals surface area contributed by atoms with Gasteiger partial charge >= 0.3 is 0 Å². The highest BCUT2D eigenvalue weighted by Crippen LogP contribution is 2.34. The van der Waals surface area contributed by atoms with Crippen molar-refractivity contribution in [3.63, 3.8) is 0 Å². The zero-order chi connectivity index (χ0) is 18.0. The van der Waals surface area contributed by atoms with Gasteiger partial charge in [-0.15, -0.1) is 0 Å². The zero-order valence-electron chi connectivity index (χ0n) is 15.0. The van der Waals surface area contributed by atoms with Crippen LogP contribution in [0.4, 0.5) is 5.95 Å². The summed E-state index contributed by atoms with van der Waals surface area (Å²) in [5.74, 6) is 1.17. The van der Waals surface area contributed by atoms with Crippen molar-refractivity contribution < 1.29 is 9.53 Å². The van der Waals surface area contributed by atoms with Crippen LogP contribution >= 0.6 is 0 Å². The molecular weight excluding hydrogens is 316 g/mol. The molecule has 25 heavy (non-hydrogen) atoms. The Hall–Kier alpha value is -2.63. The molecule has 1 aromatic carbocycles. The number of aryl methyl sites for hydroxylation is 2. The molecule has 1 amide bonds. The van der Waals surface area contributed by atoms with E-state index in [0.717, 1.165) is 47.7 Å². The van der Waals surface area contributed by atoms with Crippen LogP contribution in [-0.4, -0.2) is 34.4 Å². The Bertz CT molecular complexity index is 768. The number of aromatic nitrogens is 2. The maximum absolute atomic E-state index is 13.0. The number of nitrogens with two attached hydrogens (primary N) is 1. The molecule has 0 aliphatic carbocycles. The van der Waals surface area contributed by atoms with Crippen LogP contribution in [0.5, 0.6) is 5.75 Å². The van der Waals surface area contributed by atoms with Crippen molar-refractivity contribution in [2.45, 2.75) is 39.2 Å². The van der Waals surface area contributed by atoms with Gasteiger partial charge in [-0.05, 0) is 44.4 Å². The van der Waals surface area contributed by atoms with Crippen LogP contribution in [0.25, 0.3) is 0 Å². The molecular formula is C19H24N4O2. The molecule has 0 spiro atoms. The summed E-state index contributed by atoms with van der Waals surface area (Å²) >= 11 is 0. The standard InChI is InChI=1S/C19H24N4O2/c1-12-16(13(2)22-19(20)21-12)11-18(24)23-9-5-8-17(23)14-6-4-7-15(10-14)25-3/h4,6-7,10,17H,5,8-9,11H2,1-3H3,(H2,20,21,22)/t17-/m1/s1. The minimum atomic E-state index is 0.0953. The van der Waals surface area contributed by atoms with E-state index in [-0.39, 0.29) is 17.9 Å². The minimum absolute atomic E-state index is 0.0953. The van der Waals surface area contributed by atoms with E-state index in [1.807, 2.05) is 36.9 Å². The van der Waals surface area contributed by atoms with Crippen LogP contribution in [0.2, 0.25) is 0 Å². The summed E-state index contributed by atoms with van der Waals surface area (Å²) in [6, 6.07) is 8.05. The quantitative estimate of drug-likeness (QED) is 0.925. The number of carbonyl (C=O) groups is 1. The lowest BCUT2D eigenvalue weighted by molar-refractivity contribution is -0.131. The molecule has 0 unspecified atom stereocenters. The van der Waals surface area contributed by atoms with Crippen molar-refractivity contribution in [1.29, 1.82) is 0 Å². The van der Waals surface area contributed by atoms with E-state index in [1.165, 1.54) is 0 Å². The number of ether oxygens (including phenoxy) is 1. The predicted molar refractivity (Wildman–Crippen MR) is 96.3 cm³/mol. The van der Waals surface area contributed by atoms with Crippen molar-refractivity contribution in [3.8, 4) is 5.75 Å². The highest BCUT2D eigenvalue weighted by Gasteiger charge is 2.30.